The van der Waals surface area contributed by atoms with Gasteiger partial charge >= 0.3 is 0 Å². The predicted molar refractivity (Wildman–Crippen MR) is 115 cm³/mol. The lowest BCUT2D eigenvalue weighted by molar-refractivity contribution is -0.110. The van der Waals surface area contributed by atoms with Gasteiger partial charge in [0.2, 0.25) is 0 Å². The number of carbonyl (C=O) groups is 1. The summed E-state index contributed by atoms with van der Waals surface area (Å²) in [6, 6.07) is 11.7. The number of benzene rings is 1. The lowest BCUT2D eigenvalue weighted by Crippen LogP contribution is -2.59. The van der Waals surface area contributed by atoms with Crippen molar-refractivity contribution >= 4 is 17.2 Å². The largest absolute Gasteiger partial charge is 0.385 e. The molecule has 3 aromatic rings. The Kier molecular flexibility index (Phi) is 5.08. The van der Waals surface area contributed by atoms with Crippen molar-refractivity contribution < 1.29 is 9.90 Å². The van der Waals surface area contributed by atoms with Gasteiger partial charge in [0, 0.05) is 36.3 Å². The molecule has 30 heavy (non-hydrogen) atoms. The van der Waals surface area contributed by atoms with Gasteiger partial charge in [0.1, 0.15) is 5.69 Å². The lowest BCUT2D eigenvalue weighted by atomic mass is 9.66. The minimum absolute atomic E-state index is 0.0309. The van der Waals surface area contributed by atoms with Crippen LogP contribution >= 0.6 is 11.3 Å². The Hall–Kier alpha value is -2.64. The van der Waals surface area contributed by atoms with Crippen molar-refractivity contribution in [3.8, 4) is 10.8 Å². The molecule has 2 fully saturated rings. The number of hydrogen-bond donors (Lipinski definition) is 1. The molecule has 6 nitrogen and oxygen atoms in total. The first kappa shape index (κ1) is 19.3. The molecule has 1 aromatic carbocycles. The van der Waals surface area contributed by atoms with Crippen molar-refractivity contribution in [2.24, 2.45) is 5.92 Å². The van der Waals surface area contributed by atoms with Gasteiger partial charge in [-0.3, -0.25) is 4.79 Å². The van der Waals surface area contributed by atoms with Crippen molar-refractivity contribution in [1.82, 2.24) is 19.9 Å². The first-order chi connectivity index (χ1) is 14.7. The summed E-state index contributed by atoms with van der Waals surface area (Å²) in [4.78, 5) is 28.3. The van der Waals surface area contributed by atoms with E-state index >= 15 is 0 Å². The van der Waals surface area contributed by atoms with Crippen LogP contribution in [0.5, 0.6) is 0 Å². The average molecular weight is 421 g/mol. The lowest BCUT2D eigenvalue weighted by Gasteiger charge is -2.52. The maximum Gasteiger partial charge on any atom is 0.273 e. The summed E-state index contributed by atoms with van der Waals surface area (Å²) >= 11 is 1.39. The van der Waals surface area contributed by atoms with E-state index < -0.39 is 5.60 Å². The highest BCUT2D eigenvalue weighted by Crippen LogP contribution is 2.47. The van der Waals surface area contributed by atoms with E-state index in [4.69, 9.17) is 0 Å². The fraction of sp³-hybridized carbons (Fsp3) is 0.391. The quantitative estimate of drug-likeness (QED) is 0.695. The number of hydrogen-bond acceptors (Lipinski definition) is 6. The van der Waals surface area contributed by atoms with Gasteiger partial charge in [-0.25, -0.2) is 15.0 Å². The zero-order valence-corrected chi connectivity index (χ0v) is 17.5. The van der Waals surface area contributed by atoms with Gasteiger partial charge in [0.15, 0.2) is 10.8 Å². The molecule has 3 heterocycles. The molecule has 2 aromatic heterocycles. The highest BCUT2D eigenvalue weighted by atomic mass is 32.1. The monoisotopic (exact) mass is 420 g/mol. The van der Waals surface area contributed by atoms with Crippen LogP contribution in [0.4, 0.5) is 0 Å². The van der Waals surface area contributed by atoms with Crippen LogP contribution in [0.25, 0.3) is 10.8 Å². The van der Waals surface area contributed by atoms with Crippen LogP contribution in [0.15, 0.2) is 54.2 Å². The molecular weight excluding hydrogens is 396 g/mol. The van der Waals surface area contributed by atoms with Crippen LogP contribution in [0.2, 0.25) is 0 Å². The summed E-state index contributed by atoms with van der Waals surface area (Å²) in [5.74, 6) is 0.525. The Bertz CT molecular complexity index is 1030. The van der Waals surface area contributed by atoms with E-state index in [1.165, 1.54) is 11.3 Å². The normalized spacial score (nSPS) is 26.2. The maximum atomic E-state index is 13.4. The molecule has 1 saturated carbocycles. The number of amides is 1. The number of piperidine rings is 1. The molecule has 0 spiro atoms. The van der Waals surface area contributed by atoms with Crippen LogP contribution in [0, 0.1) is 5.92 Å². The van der Waals surface area contributed by atoms with Crippen molar-refractivity contribution in [1.29, 1.82) is 0 Å². The van der Waals surface area contributed by atoms with Gasteiger partial charge in [-0.2, -0.15) is 0 Å². The molecule has 7 heteroatoms. The summed E-state index contributed by atoms with van der Waals surface area (Å²) in [5.41, 5.74) is 0.525. The van der Waals surface area contributed by atoms with E-state index in [9.17, 15) is 9.90 Å². The molecule has 3 atom stereocenters. The Morgan fingerprint density at radius 2 is 1.87 bits per heavy atom. The second-order valence-corrected chi connectivity index (χ2v) is 8.97. The number of aliphatic hydroxyl groups is 1. The third kappa shape index (κ3) is 3.32. The first-order valence-corrected chi connectivity index (χ1v) is 11.4. The van der Waals surface area contributed by atoms with E-state index in [0.717, 1.165) is 31.2 Å². The Morgan fingerprint density at radius 3 is 2.67 bits per heavy atom. The van der Waals surface area contributed by atoms with Crippen molar-refractivity contribution in [2.45, 2.75) is 43.7 Å². The number of thiazole rings is 1. The van der Waals surface area contributed by atoms with Crippen LogP contribution in [0.1, 0.15) is 48.2 Å². The van der Waals surface area contributed by atoms with Crippen molar-refractivity contribution in [2.75, 3.05) is 6.54 Å². The van der Waals surface area contributed by atoms with Crippen LogP contribution < -0.4 is 0 Å². The number of nitrogens with zero attached hydrogens (tertiary/aromatic N) is 4. The van der Waals surface area contributed by atoms with Crippen molar-refractivity contribution in [3.63, 3.8) is 0 Å². The topological polar surface area (TPSA) is 79.2 Å². The molecule has 0 bridgehead atoms. The van der Waals surface area contributed by atoms with E-state index in [1.807, 2.05) is 35.2 Å². The molecule has 0 unspecified atom stereocenters. The third-order valence-electron chi connectivity index (χ3n) is 6.49. The highest BCUT2D eigenvalue weighted by molar-refractivity contribution is 7.13. The molecule has 5 rings (SSSR count). The van der Waals surface area contributed by atoms with Gasteiger partial charge in [0.05, 0.1) is 5.60 Å². The second kappa shape index (κ2) is 7.89. The summed E-state index contributed by atoms with van der Waals surface area (Å²) < 4.78 is 0. The van der Waals surface area contributed by atoms with Crippen LogP contribution in [0.3, 0.4) is 0 Å². The van der Waals surface area contributed by atoms with Gasteiger partial charge < -0.3 is 10.0 Å². The van der Waals surface area contributed by atoms with Gasteiger partial charge in [-0.15, -0.1) is 11.3 Å². The molecule has 154 valence electrons. The minimum atomic E-state index is -0.881. The van der Waals surface area contributed by atoms with Gasteiger partial charge in [-0.05, 0) is 30.9 Å². The molecule has 1 amide bonds. The highest BCUT2D eigenvalue weighted by Gasteiger charge is 2.50. The van der Waals surface area contributed by atoms with E-state index in [2.05, 4.69) is 15.0 Å². The van der Waals surface area contributed by atoms with Crippen LogP contribution in [-0.2, 0) is 5.60 Å². The summed E-state index contributed by atoms with van der Waals surface area (Å²) in [6.45, 7) is 0.528. The maximum absolute atomic E-state index is 13.4. The molecule has 1 saturated heterocycles. The summed E-state index contributed by atoms with van der Waals surface area (Å²) in [5, 5.41) is 14.1. The zero-order valence-electron chi connectivity index (χ0n) is 16.6. The molecule has 0 radical (unpaired) electrons. The summed E-state index contributed by atoms with van der Waals surface area (Å²) in [7, 11) is 0. The smallest absolute Gasteiger partial charge is 0.273 e. The summed E-state index contributed by atoms with van der Waals surface area (Å²) in [6.07, 6.45) is 7.91. The van der Waals surface area contributed by atoms with Crippen molar-refractivity contribution in [3.05, 3.63) is 65.4 Å². The molecule has 2 aliphatic rings. The Balaban J connectivity index is 1.42. The molecule has 1 aliphatic carbocycles. The van der Waals surface area contributed by atoms with E-state index in [-0.39, 0.29) is 17.9 Å². The number of aromatic nitrogens is 3. The Morgan fingerprint density at radius 1 is 1.10 bits per heavy atom. The number of carbonyl (C=O) groups excluding carboxylic acids is 1. The van der Waals surface area contributed by atoms with Crippen LogP contribution in [-0.4, -0.2) is 43.5 Å². The molecule has 1 N–H and O–H groups in total. The Labute approximate surface area is 179 Å². The zero-order chi connectivity index (χ0) is 20.6. The van der Waals surface area contributed by atoms with Gasteiger partial charge in [0.25, 0.3) is 5.91 Å². The predicted octanol–water partition coefficient (Wildman–Crippen LogP) is 3.89. The number of rotatable bonds is 3. The molecule has 1 aliphatic heterocycles. The third-order valence-corrected chi connectivity index (χ3v) is 7.33. The van der Waals surface area contributed by atoms with Gasteiger partial charge in [-0.1, -0.05) is 43.2 Å². The standard InChI is InChI=1S/C23H24N4O2S/c28-22(18-15-30-21(26-18)20-24-12-6-13-25-20)27-14-11-23(29,16-7-2-1-3-8-16)17-9-4-5-10-19(17)27/h1-3,6-8,12-13,15,17,19,29H,4-5,9-11,14H2/t17-,19+,23+/m0/s1. The SMILES string of the molecule is O=C(c1csc(-c2ncccn2)n1)N1CC[C@@](O)(c2ccccc2)[C@H]2CCCC[C@H]21. The fourth-order valence-corrected chi connectivity index (χ4v) is 5.79. The number of likely N-dealkylation sites (tertiary alicyclic amines) is 1. The van der Waals surface area contributed by atoms with E-state index in [1.54, 1.807) is 23.8 Å². The number of fused-ring (bicyclic) bond motifs is 1. The average Bonchev–Trinajstić information content (AvgIpc) is 3.31. The second-order valence-electron chi connectivity index (χ2n) is 8.11. The fourth-order valence-electron chi connectivity index (χ4n) is 5.05. The molecular formula is C23H24N4O2S. The first-order valence-electron chi connectivity index (χ1n) is 10.5. The van der Waals surface area contributed by atoms with E-state index in [0.29, 0.717) is 29.5 Å². The minimum Gasteiger partial charge on any atom is -0.385 e.